The molecule has 2 heterocycles. The molecular weight excluding hydrogens is 737 g/mol. The third-order valence-corrected chi connectivity index (χ3v) is 12.8. The van der Waals surface area contributed by atoms with Gasteiger partial charge in [-0.2, -0.15) is 0 Å². The van der Waals surface area contributed by atoms with Crippen molar-refractivity contribution in [2.24, 2.45) is 0 Å². The molecule has 0 aliphatic rings. The van der Waals surface area contributed by atoms with Gasteiger partial charge in [0.05, 0.1) is 0 Å². The summed E-state index contributed by atoms with van der Waals surface area (Å²) in [5, 5.41) is 9.58. The van der Waals surface area contributed by atoms with Crippen LogP contribution in [0.1, 0.15) is 0 Å². The van der Waals surface area contributed by atoms with E-state index >= 15 is 0 Å². The van der Waals surface area contributed by atoms with Gasteiger partial charge in [-0.25, -0.2) is 4.98 Å². The Labute approximate surface area is 344 Å². The lowest BCUT2D eigenvalue weighted by atomic mass is 9.93. The first kappa shape index (κ1) is 33.6. The van der Waals surface area contributed by atoms with Crippen LogP contribution in [0.5, 0.6) is 0 Å². The minimum absolute atomic E-state index is 0.642. The van der Waals surface area contributed by atoms with Gasteiger partial charge in [-0.05, 0) is 111 Å². The van der Waals surface area contributed by atoms with Crippen LogP contribution >= 0.6 is 11.3 Å². The molecule has 0 fully saturated rings. The van der Waals surface area contributed by atoms with Crippen LogP contribution in [-0.2, 0) is 0 Å². The molecule has 276 valence electrons. The second-order valence-corrected chi connectivity index (χ2v) is 16.2. The van der Waals surface area contributed by atoms with Crippen LogP contribution in [0.4, 0.5) is 17.1 Å². The van der Waals surface area contributed by atoms with E-state index in [-0.39, 0.29) is 0 Å². The highest BCUT2D eigenvalue weighted by Crippen LogP contribution is 2.43. The quantitative estimate of drug-likeness (QED) is 0.158. The summed E-state index contributed by atoms with van der Waals surface area (Å²) in [5.74, 6) is 0.642. The molecule has 0 unspecified atom stereocenters. The van der Waals surface area contributed by atoms with E-state index in [0.717, 1.165) is 44.5 Å². The van der Waals surface area contributed by atoms with Gasteiger partial charge in [0.15, 0.2) is 5.58 Å². The Morgan fingerprint density at radius 2 is 0.898 bits per heavy atom. The van der Waals surface area contributed by atoms with Crippen LogP contribution in [-0.4, -0.2) is 4.98 Å². The summed E-state index contributed by atoms with van der Waals surface area (Å²) in [6, 6.07) is 74.0. The largest absolute Gasteiger partial charge is 0.435 e. The van der Waals surface area contributed by atoms with Gasteiger partial charge in [0.2, 0.25) is 5.89 Å². The van der Waals surface area contributed by atoms with Gasteiger partial charge >= 0.3 is 0 Å². The molecule has 0 aliphatic heterocycles. The Morgan fingerprint density at radius 1 is 0.373 bits per heavy atom. The van der Waals surface area contributed by atoms with Crippen molar-refractivity contribution in [3.05, 3.63) is 206 Å². The average molecular weight is 771 g/mol. The van der Waals surface area contributed by atoms with Crippen molar-refractivity contribution in [1.29, 1.82) is 0 Å². The third-order valence-electron chi connectivity index (χ3n) is 11.7. The summed E-state index contributed by atoms with van der Waals surface area (Å²) in [6.07, 6.45) is 0. The molecule has 0 saturated heterocycles. The van der Waals surface area contributed by atoms with Crippen molar-refractivity contribution < 1.29 is 4.42 Å². The summed E-state index contributed by atoms with van der Waals surface area (Å²) >= 11 is 1.86. The fourth-order valence-electron chi connectivity index (χ4n) is 8.77. The Balaban J connectivity index is 0.933. The maximum atomic E-state index is 6.56. The predicted octanol–water partition coefficient (Wildman–Crippen LogP) is 16.1. The highest BCUT2D eigenvalue weighted by atomic mass is 32.1. The Hall–Kier alpha value is -7.53. The molecule has 2 aromatic heterocycles. The lowest BCUT2D eigenvalue weighted by Gasteiger charge is -2.25. The number of aromatic nitrogens is 1. The normalized spacial score (nSPS) is 11.7. The van der Waals surface area contributed by atoms with Crippen molar-refractivity contribution in [3.63, 3.8) is 0 Å². The van der Waals surface area contributed by atoms with Gasteiger partial charge in [-0.15, -0.1) is 11.3 Å². The molecule has 0 N–H and O–H groups in total. The number of hydrogen-bond acceptors (Lipinski definition) is 4. The molecule has 0 radical (unpaired) electrons. The Bertz CT molecular complexity index is 3540. The Kier molecular flexibility index (Phi) is 7.72. The van der Waals surface area contributed by atoms with Crippen molar-refractivity contribution in [2.45, 2.75) is 0 Å². The van der Waals surface area contributed by atoms with Crippen LogP contribution in [0.2, 0.25) is 0 Å². The maximum absolute atomic E-state index is 6.56. The molecule has 59 heavy (non-hydrogen) atoms. The molecule has 0 spiro atoms. The maximum Gasteiger partial charge on any atom is 0.227 e. The van der Waals surface area contributed by atoms with Crippen LogP contribution in [0, 0.1) is 0 Å². The van der Waals surface area contributed by atoms with Crippen LogP contribution in [0.25, 0.3) is 97.3 Å². The number of rotatable bonds is 6. The summed E-state index contributed by atoms with van der Waals surface area (Å²) in [4.78, 5) is 7.25. The minimum Gasteiger partial charge on any atom is -0.435 e. The van der Waals surface area contributed by atoms with Crippen molar-refractivity contribution in [2.75, 3.05) is 4.90 Å². The van der Waals surface area contributed by atoms with Crippen LogP contribution in [0.3, 0.4) is 0 Å². The van der Waals surface area contributed by atoms with E-state index in [2.05, 4.69) is 181 Å². The molecule has 0 aliphatic carbocycles. The average Bonchev–Trinajstić information content (AvgIpc) is 3.91. The van der Waals surface area contributed by atoms with Crippen molar-refractivity contribution >= 4 is 92.0 Å². The van der Waals surface area contributed by atoms with E-state index < -0.39 is 0 Å². The summed E-state index contributed by atoms with van der Waals surface area (Å²) in [5.41, 5.74) is 10.9. The van der Waals surface area contributed by atoms with E-state index in [9.17, 15) is 0 Å². The zero-order chi connectivity index (χ0) is 38.9. The molecule has 0 bridgehead atoms. The topological polar surface area (TPSA) is 29.3 Å². The molecule has 4 heteroatoms. The number of hydrogen-bond donors (Lipinski definition) is 0. The number of para-hydroxylation sites is 1. The summed E-state index contributed by atoms with van der Waals surface area (Å²) in [7, 11) is 0. The smallest absolute Gasteiger partial charge is 0.227 e. The lowest BCUT2D eigenvalue weighted by molar-refractivity contribution is 0.623. The second kappa shape index (κ2) is 13.6. The van der Waals surface area contributed by atoms with Gasteiger partial charge in [0, 0.05) is 53.6 Å². The lowest BCUT2D eigenvalue weighted by Crippen LogP contribution is -2.09. The van der Waals surface area contributed by atoms with E-state index in [0.29, 0.717) is 5.89 Å². The highest BCUT2D eigenvalue weighted by Gasteiger charge is 2.18. The molecule has 0 amide bonds. The molecule has 3 nitrogen and oxygen atoms in total. The second-order valence-electron chi connectivity index (χ2n) is 15.1. The molecule has 0 saturated carbocycles. The SMILES string of the molecule is c1ccc(-c2ccc(N(c3ccccc3)c3ccc4c(c3)sc3cc(-c5ccc6c(ccc7ccc8ccc9nc(-c%10ccccc%10)oc9c8c76)c5)ccc34)cc2)cc1. The van der Waals surface area contributed by atoms with E-state index in [1.165, 1.54) is 64.0 Å². The number of oxazole rings is 1. The zero-order valence-electron chi connectivity index (χ0n) is 31.8. The first-order chi connectivity index (χ1) is 29.2. The number of nitrogens with zero attached hydrogens (tertiary/aromatic N) is 2. The molecule has 0 atom stereocenters. The van der Waals surface area contributed by atoms with Gasteiger partial charge in [0.1, 0.15) is 5.52 Å². The number of thiophene rings is 1. The summed E-state index contributed by atoms with van der Waals surface area (Å²) in [6.45, 7) is 0. The Morgan fingerprint density at radius 3 is 1.64 bits per heavy atom. The van der Waals surface area contributed by atoms with Crippen LogP contribution in [0.15, 0.2) is 211 Å². The fourth-order valence-corrected chi connectivity index (χ4v) is 9.95. The third kappa shape index (κ3) is 5.68. The molecule has 10 aromatic carbocycles. The molecule has 12 rings (SSSR count). The van der Waals surface area contributed by atoms with Gasteiger partial charge in [-0.1, -0.05) is 140 Å². The van der Waals surface area contributed by atoms with E-state index in [1.54, 1.807) is 0 Å². The molecular formula is C55H34N2OS. The van der Waals surface area contributed by atoms with Gasteiger partial charge in [-0.3, -0.25) is 0 Å². The highest BCUT2D eigenvalue weighted by molar-refractivity contribution is 7.25. The number of benzene rings is 10. The zero-order valence-corrected chi connectivity index (χ0v) is 32.7. The van der Waals surface area contributed by atoms with E-state index in [1.807, 2.05) is 41.7 Å². The van der Waals surface area contributed by atoms with Gasteiger partial charge < -0.3 is 9.32 Å². The first-order valence-electron chi connectivity index (χ1n) is 19.9. The van der Waals surface area contributed by atoms with Gasteiger partial charge in [0.25, 0.3) is 0 Å². The van der Waals surface area contributed by atoms with Crippen molar-refractivity contribution in [3.8, 4) is 33.7 Å². The predicted molar refractivity (Wildman–Crippen MR) is 250 cm³/mol. The van der Waals surface area contributed by atoms with Crippen LogP contribution < -0.4 is 4.90 Å². The first-order valence-corrected chi connectivity index (χ1v) is 20.8. The minimum atomic E-state index is 0.642. The van der Waals surface area contributed by atoms with E-state index in [4.69, 9.17) is 9.40 Å². The van der Waals surface area contributed by atoms with Crippen molar-refractivity contribution in [1.82, 2.24) is 4.98 Å². The number of anilines is 3. The molecule has 12 aromatic rings. The monoisotopic (exact) mass is 770 g/mol. The fraction of sp³-hybridized carbons (Fsp3) is 0. The standard InChI is InChI=1S/C55H34N2OS/c1-4-10-35(11-5-1)36-20-25-44(26-21-36)57(43-14-8-3-9-15-43)45-27-30-48-47-29-23-41(33-50(47)59-51(48)34-45)40-22-28-46-42(32-40)19-18-37-16-17-38-24-31-49-54(53(38)52(37)46)58-55(56-49)39-12-6-2-7-13-39/h1-34H. The number of fused-ring (bicyclic) bond motifs is 10. The summed E-state index contributed by atoms with van der Waals surface area (Å²) < 4.78 is 9.10.